The fourth-order valence-electron chi connectivity index (χ4n) is 1.34. The molecule has 1 aromatic carbocycles. The van der Waals surface area contributed by atoms with Crippen LogP contribution in [0.1, 0.15) is 24.5 Å². The van der Waals surface area contributed by atoms with Gasteiger partial charge in [-0.05, 0) is 23.6 Å². The highest BCUT2D eigenvalue weighted by atomic mass is 35.5. The first-order valence-electron chi connectivity index (χ1n) is 5.32. The van der Waals surface area contributed by atoms with Crippen molar-refractivity contribution in [3.8, 4) is 0 Å². The second-order valence-electron chi connectivity index (χ2n) is 3.53. The van der Waals surface area contributed by atoms with Crippen LogP contribution in [-0.4, -0.2) is 17.6 Å². The summed E-state index contributed by atoms with van der Waals surface area (Å²) in [5.41, 5.74) is 2.07. The van der Waals surface area contributed by atoms with E-state index in [9.17, 15) is 4.79 Å². The zero-order chi connectivity index (χ0) is 12.0. The summed E-state index contributed by atoms with van der Waals surface area (Å²) in [6.45, 7) is 2.34. The number of amides is 1. The normalized spacial score (nSPS) is 10.2. The molecule has 0 aliphatic carbocycles. The molecule has 1 rings (SSSR count). The second-order valence-corrected chi connectivity index (χ2v) is 3.94. The lowest BCUT2D eigenvalue weighted by Crippen LogP contribution is -2.23. The van der Waals surface area contributed by atoms with Crippen LogP contribution in [0.15, 0.2) is 18.2 Å². The number of aliphatic hydroxyl groups excluding tert-OH is 1. The number of nitrogens with one attached hydrogen (secondary N) is 1. The van der Waals surface area contributed by atoms with E-state index < -0.39 is 0 Å². The highest BCUT2D eigenvalue weighted by Gasteiger charge is 2.04. The van der Waals surface area contributed by atoms with Gasteiger partial charge in [0, 0.05) is 18.0 Å². The van der Waals surface area contributed by atoms with E-state index in [0.29, 0.717) is 11.6 Å². The Morgan fingerprint density at radius 2 is 2.25 bits per heavy atom. The Bertz CT molecular complexity index is 366. The van der Waals surface area contributed by atoms with E-state index in [2.05, 4.69) is 12.2 Å². The van der Waals surface area contributed by atoms with Gasteiger partial charge < -0.3 is 10.4 Å². The quantitative estimate of drug-likeness (QED) is 0.827. The first-order valence-corrected chi connectivity index (χ1v) is 5.70. The van der Waals surface area contributed by atoms with Gasteiger partial charge in [0.1, 0.15) is 0 Å². The van der Waals surface area contributed by atoms with Gasteiger partial charge in [-0.15, -0.1) is 0 Å². The zero-order valence-electron chi connectivity index (χ0n) is 9.29. The number of carbonyl (C=O) groups excluding carboxylic acids is 1. The maximum Gasteiger partial charge on any atom is 0.222 e. The van der Waals surface area contributed by atoms with Gasteiger partial charge >= 0.3 is 0 Å². The van der Waals surface area contributed by atoms with Gasteiger partial charge in [-0.2, -0.15) is 0 Å². The first-order chi connectivity index (χ1) is 7.67. The second kappa shape index (κ2) is 6.51. The van der Waals surface area contributed by atoms with E-state index in [-0.39, 0.29) is 18.9 Å². The summed E-state index contributed by atoms with van der Waals surface area (Å²) < 4.78 is 0. The SMILES string of the molecule is CCc1ccc(CNC(=O)CCO)c(Cl)c1. The number of hydrogen-bond donors (Lipinski definition) is 2. The van der Waals surface area contributed by atoms with Crippen molar-refractivity contribution in [1.82, 2.24) is 5.32 Å². The molecule has 0 spiro atoms. The molecule has 2 N–H and O–H groups in total. The van der Waals surface area contributed by atoms with Gasteiger partial charge in [0.05, 0.1) is 6.61 Å². The molecule has 0 atom stereocenters. The Morgan fingerprint density at radius 3 is 2.81 bits per heavy atom. The van der Waals surface area contributed by atoms with Crippen molar-refractivity contribution < 1.29 is 9.90 Å². The highest BCUT2D eigenvalue weighted by Crippen LogP contribution is 2.18. The molecule has 1 amide bonds. The summed E-state index contributed by atoms with van der Waals surface area (Å²) in [6.07, 6.45) is 1.07. The predicted molar refractivity (Wildman–Crippen MR) is 64.4 cm³/mol. The Balaban J connectivity index is 2.57. The van der Waals surface area contributed by atoms with Crippen LogP contribution in [0.4, 0.5) is 0 Å². The number of aryl methyl sites for hydroxylation is 1. The molecule has 0 saturated carbocycles. The van der Waals surface area contributed by atoms with E-state index in [1.807, 2.05) is 18.2 Å². The topological polar surface area (TPSA) is 49.3 Å². The molecule has 0 radical (unpaired) electrons. The molecule has 0 aromatic heterocycles. The Morgan fingerprint density at radius 1 is 1.50 bits per heavy atom. The minimum absolute atomic E-state index is 0.130. The molecule has 0 heterocycles. The molecule has 88 valence electrons. The van der Waals surface area contributed by atoms with Gasteiger partial charge in [0.25, 0.3) is 0 Å². The van der Waals surface area contributed by atoms with Gasteiger partial charge in [0.15, 0.2) is 0 Å². The molecular formula is C12H16ClNO2. The minimum atomic E-state index is -0.168. The average molecular weight is 242 g/mol. The fraction of sp³-hybridized carbons (Fsp3) is 0.417. The van der Waals surface area contributed by atoms with E-state index >= 15 is 0 Å². The number of aliphatic hydroxyl groups is 1. The fourth-order valence-corrected chi connectivity index (χ4v) is 1.61. The average Bonchev–Trinajstić information content (AvgIpc) is 2.27. The molecule has 16 heavy (non-hydrogen) atoms. The summed E-state index contributed by atoms with van der Waals surface area (Å²) in [7, 11) is 0. The lowest BCUT2D eigenvalue weighted by molar-refractivity contribution is -0.121. The van der Waals surface area contributed by atoms with Gasteiger partial charge in [0.2, 0.25) is 5.91 Å². The van der Waals surface area contributed by atoms with E-state index in [1.54, 1.807) is 0 Å². The summed E-state index contributed by atoms with van der Waals surface area (Å²) in [4.78, 5) is 11.1. The van der Waals surface area contributed by atoms with Crippen molar-refractivity contribution in [2.75, 3.05) is 6.61 Å². The van der Waals surface area contributed by atoms with Crippen molar-refractivity contribution in [1.29, 1.82) is 0 Å². The monoisotopic (exact) mass is 241 g/mol. The first kappa shape index (κ1) is 13.0. The van der Waals surface area contributed by atoms with Crippen LogP contribution < -0.4 is 5.32 Å². The number of hydrogen-bond acceptors (Lipinski definition) is 2. The molecule has 4 heteroatoms. The van der Waals surface area contributed by atoms with Crippen molar-refractivity contribution in [2.45, 2.75) is 26.3 Å². The van der Waals surface area contributed by atoms with Crippen molar-refractivity contribution in [3.63, 3.8) is 0 Å². The summed E-state index contributed by atoms with van der Waals surface area (Å²) in [5.74, 6) is -0.168. The molecule has 0 aliphatic heterocycles. The number of carbonyl (C=O) groups is 1. The van der Waals surface area contributed by atoms with E-state index in [0.717, 1.165) is 12.0 Å². The third-order valence-electron chi connectivity index (χ3n) is 2.34. The Hall–Kier alpha value is -1.06. The molecule has 0 saturated heterocycles. The molecule has 0 aliphatic rings. The van der Waals surface area contributed by atoms with Crippen LogP contribution in [0.3, 0.4) is 0 Å². The molecule has 0 fully saturated rings. The number of benzene rings is 1. The largest absolute Gasteiger partial charge is 0.396 e. The molecule has 3 nitrogen and oxygen atoms in total. The van der Waals surface area contributed by atoms with Crippen LogP contribution in [0.25, 0.3) is 0 Å². The van der Waals surface area contributed by atoms with Crippen LogP contribution in [-0.2, 0) is 17.8 Å². The summed E-state index contributed by atoms with van der Waals surface area (Å²) >= 11 is 6.07. The summed E-state index contributed by atoms with van der Waals surface area (Å²) in [6, 6.07) is 5.83. The van der Waals surface area contributed by atoms with Crippen molar-refractivity contribution in [2.24, 2.45) is 0 Å². The minimum Gasteiger partial charge on any atom is -0.396 e. The van der Waals surface area contributed by atoms with Gasteiger partial charge in [-0.25, -0.2) is 0 Å². The Kier molecular flexibility index (Phi) is 5.29. The lowest BCUT2D eigenvalue weighted by Gasteiger charge is -2.07. The van der Waals surface area contributed by atoms with Crippen LogP contribution in [0, 0.1) is 0 Å². The summed E-state index contributed by atoms with van der Waals surface area (Å²) in [5, 5.41) is 11.9. The van der Waals surface area contributed by atoms with Gasteiger partial charge in [-0.3, -0.25) is 4.79 Å². The maximum absolute atomic E-state index is 11.1. The van der Waals surface area contributed by atoms with E-state index in [1.165, 1.54) is 5.56 Å². The van der Waals surface area contributed by atoms with Crippen molar-refractivity contribution >= 4 is 17.5 Å². The zero-order valence-corrected chi connectivity index (χ0v) is 10.0. The third-order valence-corrected chi connectivity index (χ3v) is 2.69. The standard InChI is InChI=1S/C12H16ClNO2/c1-2-9-3-4-10(11(13)7-9)8-14-12(16)5-6-15/h3-4,7,15H,2,5-6,8H2,1H3,(H,14,16). The molecule has 0 unspecified atom stereocenters. The Labute approximate surface area is 100 Å². The van der Waals surface area contributed by atoms with Crippen LogP contribution in [0.2, 0.25) is 5.02 Å². The van der Waals surface area contributed by atoms with Crippen molar-refractivity contribution in [3.05, 3.63) is 34.3 Å². The number of rotatable bonds is 5. The smallest absolute Gasteiger partial charge is 0.222 e. The van der Waals surface area contributed by atoms with E-state index in [4.69, 9.17) is 16.7 Å². The van der Waals surface area contributed by atoms with Crippen LogP contribution >= 0.6 is 11.6 Å². The molecular weight excluding hydrogens is 226 g/mol. The van der Waals surface area contributed by atoms with Crippen LogP contribution in [0.5, 0.6) is 0 Å². The molecule has 1 aromatic rings. The van der Waals surface area contributed by atoms with Gasteiger partial charge in [-0.1, -0.05) is 30.7 Å². The predicted octanol–water partition coefficient (Wildman–Crippen LogP) is 1.90. The lowest BCUT2D eigenvalue weighted by atomic mass is 10.1. The maximum atomic E-state index is 11.1. The molecule has 0 bridgehead atoms. The third kappa shape index (κ3) is 3.83. The highest BCUT2D eigenvalue weighted by molar-refractivity contribution is 6.31. The number of halogens is 1.